The largest absolute Gasteiger partial charge is 0.384 e. The maximum absolute atomic E-state index is 12.6. The van der Waals surface area contributed by atoms with Crippen LogP contribution in [0.1, 0.15) is 24.0 Å². The lowest BCUT2D eigenvalue weighted by Crippen LogP contribution is -2.14. The number of hydrogen-bond acceptors (Lipinski definition) is 1. The van der Waals surface area contributed by atoms with Gasteiger partial charge in [-0.25, -0.2) is 8.78 Å². The summed E-state index contributed by atoms with van der Waals surface area (Å²) in [6.07, 6.45) is -0.674. The molecule has 1 aromatic carbocycles. The molecule has 1 aromatic rings. The maximum atomic E-state index is 12.6. The first-order valence-electron chi connectivity index (χ1n) is 4.53. The highest BCUT2D eigenvalue weighted by molar-refractivity contribution is 6.30. The molecular formula is C10H10ClF2N. The van der Waals surface area contributed by atoms with Gasteiger partial charge in [0.25, 0.3) is 6.43 Å². The van der Waals surface area contributed by atoms with Gasteiger partial charge in [0.15, 0.2) is 0 Å². The van der Waals surface area contributed by atoms with Crippen molar-refractivity contribution < 1.29 is 8.78 Å². The third-order valence-electron chi connectivity index (χ3n) is 2.38. The number of fused-ring (bicyclic) bond motifs is 1. The van der Waals surface area contributed by atoms with E-state index >= 15 is 0 Å². The lowest BCUT2D eigenvalue weighted by Gasteiger charge is -2.21. The minimum Gasteiger partial charge on any atom is -0.384 e. The topological polar surface area (TPSA) is 12.0 Å². The molecule has 0 unspecified atom stereocenters. The van der Waals surface area contributed by atoms with Crippen molar-refractivity contribution in [3.63, 3.8) is 0 Å². The van der Waals surface area contributed by atoms with Gasteiger partial charge in [-0.3, -0.25) is 0 Å². The Kier molecular flexibility index (Phi) is 2.59. The number of rotatable bonds is 1. The molecular weight excluding hydrogens is 208 g/mol. The quantitative estimate of drug-likeness (QED) is 0.758. The fourth-order valence-electron chi connectivity index (χ4n) is 1.76. The van der Waals surface area contributed by atoms with E-state index in [9.17, 15) is 8.78 Å². The van der Waals surface area contributed by atoms with E-state index in [2.05, 4.69) is 5.32 Å². The summed E-state index contributed by atoms with van der Waals surface area (Å²) in [6, 6.07) is 3.10. The smallest absolute Gasteiger partial charge is 0.265 e. The molecule has 0 atom stereocenters. The second kappa shape index (κ2) is 3.73. The van der Waals surface area contributed by atoms with Crippen molar-refractivity contribution in [2.75, 3.05) is 11.9 Å². The van der Waals surface area contributed by atoms with Crippen molar-refractivity contribution in [2.45, 2.75) is 19.3 Å². The van der Waals surface area contributed by atoms with E-state index in [1.165, 1.54) is 6.07 Å². The third-order valence-corrected chi connectivity index (χ3v) is 2.59. The van der Waals surface area contributed by atoms with E-state index < -0.39 is 6.43 Å². The summed E-state index contributed by atoms with van der Waals surface area (Å²) in [5.41, 5.74) is 1.50. The van der Waals surface area contributed by atoms with E-state index in [0.29, 0.717) is 10.7 Å². The Morgan fingerprint density at radius 1 is 1.36 bits per heavy atom. The summed E-state index contributed by atoms with van der Waals surface area (Å²) >= 11 is 5.76. The van der Waals surface area contributed by atoms with Gasteiger partial charge >= 0.3 is 0 Å². The normalized spacial score (nSPS) is 15.1. The third kappa shape index (κ3) is 1.69. The molecule has 0 saturated heterocycles. The maximum Gasteiger partial charge on any atom is 0.265 e. The van der Waals surface area contributed by atoms with Crippen LogP contribution in [0.25, 0.3) is 0 Å². The van der Waals surface area contributed by atoms with Crippen LogP contribution in [0, 0.1) is 0 Å². The van der Waals surface area contributed by atoms with Crippen molar-refractivity contribution >= 4 is 17.3 Å². The van der Waals surface area contributed by atoms with Crippen molar-refractivity contribution in [2.24, 2.45) is 0 Å². The Bertz CT molecular complexity index is 352. The van der Waals surface area contributed by atoms with Crippen LogP contribution in [0.5, 0.6) is 0 Å². The minimum absolute atomic E-state index is 0.0206. The first-order chi connectivity index (χ1) is 6.68. The molecule has 1 heterocycles. The molecule has 1 aliphatic rings. The Hall–Kier alpha value is -0.830. The average Bonchev–Trinajstić information content (AvgIpc) is 2.16. The molecule has 4 heteroatoms. The summed E-state index contributed by atoms with van der Waals surface area (Å²) in [6.45, 7) is 0.758. The van der Waals surface area contributed by atoms with Crippen LogP contribution in [-0.4, -0.2) is 6.54 Å². The van der Waals surface area contributed by atoms with Gasteiger partial charge in [-0.05, 0) is 30.5 Å². The van der Waals surface area contributed by atoms with Crippen LogP contribution in [0.3, 0.4) is 0 Å². The average molecular weight is 218 g/mol. The second-order valence-electron chi connectivity index (χ2n) is 3.36. The first-order valence-corrected chi connectivity index (χ1v) is 4.90. The summed E-state index contributed by atoms with van der Waals surface area (Å²) in [5.74, 6) is 0. The standard InChI is InChI=1S/C10H10ClF2N/c11-7-4-6-2-1-3-14-9(6)8(5-7)10(12)13/h4-5,10,14H,1-3H2. The van der Waals surface area contributed by atoms with E-state index in [-0.39, 0.29) is 5.56 Å². The summed E-state index contributed by atoms with van der Waals surface area (Å²) in [5, 5.41) is 3.39. The molecule has 1 nitrogen and oxygen atoms in total. The molecule has 0 fully saturated rings. The number of benzene rings is 1. The van der Waals surface area contributed by atoms with Crippen LogP contribution >= 0.6 is 11.6 Å². The highest BCUT2D eigenvalue weighted by atomic mass is 35.5. The fraction of sp³-hybridized carbons (Fsp3) is 0.400. The summed E-state index contributed by atoms with van der Waals surface area (Å²) < 4.78 is 25.3. The molecule has 0 aromatic heterocycles. The zero-order valence-corrected chi connectivity index (χ0v) is 8.24. The second-order valence-corrected chi connectivity index (χ2v) is 3.80. The summed E-state index contributed by atoms with van der Waals surface area (Å²) in [7, 11) is 0. The van der Waals surface area contributed by atoms with Gasteiger partial charge < -0.3 is 5.32 Å². The number of halogens is 3. The molecule has 76 valence electrons. The van der Waals surface area contributed by atoms with E-state index in [4.69, 9.17) is 11.6 Å². The number of anilines is 1. The number of alkyl halides is 2. The van der Waals surface area contributed by atoms with E-state index in [0.717, 1.165) is 24.9 Å². The van der Waals surface area contributed by atoms with Crippen LogP contribution in [0.4, 0.5) is 14.5 Å². The van der Waals surface area contributed by atoms with Crippen molar-refractivity contribution in [3.8, 4) is 0 Å². The lowest BCUT2D eigenvalue weighted by molar-refractivity contribution is 0.152. The van der Waals surface area contributed by atoms with Gasteiger partial charge in [0.05, 0.1) is 0 Å². The molecule has 0 amide bonds. The molecule has 0 bridgehead atoms. The zero-order chi connectivity index (χ0) is 10.1. The van der Waals surface area contributed by atoms with Crippen LogP contribution < -0.4 is 5.32 Å². The Morgan fingerprint density at radius 2 is 2.14 bits per heavy atom. The minimum atomic E-state index is -2.46. The van der Waals surface area contributed by atoms with Crippen LogP contribution in [0.2, 0.25) is 5.02 Å². The fourth-order valence-corrected chi connectivity index (χ4v) is 2.01. The molecule has 0 aliphatic carbocycles. The Balaban J connectivity index is 2.52. The van der Waals surface area contributed by atoms with E-state index in [1.807, 2.05) is 0 Å². The van der Waals surface area contributed by atoms with Gasteiger partial charge in [-0.2, -0.15) is 0 Å². The molecule has 0 saturated carbocycles. The van der Waals surface area contributed by atoms with Gasteiger partial charge in [0, 0.05) is 22.8 Å². The highest BCUT2D eigenvalue weighted by Crippen LogP contribution is 2.35. The summed E-state index contributed by atoms with van der Waals surface area (Å²) in [4.78, 5) is 0. The van der Waals surface area contributed by atoms with Crippen molar-refractivity contribution in [1.29, 1.82) is 0 Å². The van der Waals surface area contributed by atoms with Crippen LogP contribution in [-0.2, 0) is 6.42 Å². The van der Waals surface area contributed by atoms with Gasteiger partial charge in [-0.1, -0.05) is 11.6 Å². The SMILES string of the molecule is FC(F)c1cc(Cl)cc2c1NCCC2. The van der Waals surface area contributed by atoms with E-state index in [1.54, 1.807) is 6.07 Å². The van der Waals surface area contributed by atoms with Crippen molar-refractivity contribution in [1.82, 2.24) is 0 Å². The molecule has 0 spiro atoms. The molecule has 1 N–H and O–H groups in total. The number of aryl methyl sites for hydroxylation is 1. The first kappa shape index (κ1) is 9.71. The number of nitrogens with one attached hydrogen (secondary N) is 1. The Labute approximate surface area is 86.1 Å². The Morgan fingerprint density at radius 3 is 2.86 bits per heavy atom. The zero-order valence-electron chi connectivity index (χ0n) is 7.49. The van der Waals surface area contributed by atoms with Gasteiger partial charge in [0.1, 0.15) is 0 Å². The molecule has 14 heavy (non-hydrogen) atoms. The van der Waals surface area contributed by atoms with Crippen molar-refractivity contribution in [3.05, 3.63) is 28.3 Å². The molecule has 2 rings (SSSR count). The predicted octanol–water partition coefficient (Wildman–Crippen LogP) is 3.64. The van der Waals surface area contributed by atoms with Gasteiger partial charge in [-0.15, -0.1) is 0 Å². The monoisotopic (exact) mass is 217 g/mol. The van der Waals surface area contributed by atoms with Gasteiger partial charge in [0.2, 0.25) is 0 Å². The number of hydrogen-bond donors (Lipinski definition) is 1. The predicted molar refractivity (Wildman–Crippen MR) is 53.2 cm³/mol. The van der Waals surface area contributed by atoms with Crippen LogP contribution in [0.15, 0.2) is 12.1 Å². The lowest BCUT2D eigenvalue weighted by atomic mass is 9.99. The molecule has 0 radical (unpaired) electrons. The highest BCUT2D eigenvalue weighted by Gasteiger charge is 2.19. The molecule has 1 aliphatic heterocycles.